The second-order valence-electron chi connectivity index (χ2n) is 4.35. The Balaban J connectivity index is 2.03. The number of rotatable bonds is 3. The van der Waals surface area contributed by atoms with E-state index in [0.29, 0.717) is 0 Å². The largest absolute Gasteiger partial charge is 0.464 e. The van der Waals surface area contributed by atoms with Gasteiger partial charge in [-0.3, -0.25) is 0 Å². The maximum absolute atomic E-state index is 5.50. The van der Waals surface area contributed by atoms with Gasteiger partial charge in [0.15, 0.2) is 0 Å². The van der Waals surface area contributed by atoms with Gasteiger partial charge in [0.25, 0.3) is 0 Å². The van der Waals surface area contributed by atoms with E-state index in [2.05, 4.69) is 35.1 Å². The number of benzene rings is 1. The second-order valence-corrected chi connectivity index (χ2v) is 4.35. The minimum Gasteiger partial charge on any atom is -0.464 e. The molecular formula is C15H14N2O. The van der Waals surface area contributed by atoms with E-state index in [-0.39, 0.29) is 0 Å². The summed E-state index contributed by atoms with van der Waals surface area (Å²) < 4.78 is 5.50. The zero-order valence-corrected chi connectivity index (χ0v) is 10.2. The molecule has 0 spiro atoms. The van der Waals surface area contributed by atoms with Crippen molar-refractivity contribution in [2.45, 2.75) is 13.3 Å². The minimum absolute atomic E-state index is 0.781. The average Bonchev–Trinajstić information content (AvgIpc) is 3.04. The highest BCUT2D eigenvalue weighted by Gasteiger charge is 2.09. The number of hydrogen-bond donors (Lipinski definition) is 1. The molecular weight excluding hydrogens is 224 g/mol. The SMILES string of the molecule is Cc1ccc(Cc2ncc[nH]2)c(-c2ccco2)c1. The van der Waals surface area contributed by atoms with Gasteiger partial charge in [0, 0.05) is 24.4 Å². The van der Waals surface area contributed by atoms with Crippen LogP contribution < -0.4 is 0 Å². The van der Waals surface area contributed by atoms with E-state index < -0.39 is 0 Å². The van der Waals surface area contributed by atoms with Crippen molar-refractivity contribution in [1.82, 2.24) is 9.97 Å². The van der Waals surface area contributed by atoms with Crippen LogP contribution >= 0.6 is 0 Å². The Morgan fingerprint density at radius 1 is 1.28 bits per heavy atom. The van der Waals surface area contributed by atoms with Crippen LogP contribution in [0.1, 0.15) is 17.0 Å². The molecule has 3 heteroatoms. The molecule has 1 N–H and O–H groups in total. The summed E-state index contributed by atoms with van der Waals surface area (Å²) in [6.07, 6.45) is 6.10. The van der Waals surface area contributed by atoms with Gasteiger partial charge >= 0.3 is 0 Å². The van der Waals surface area contributed by atoms with Crippen LogP contribution in [0.15, 0.2) is 53.4 Å². The summed E-state index contributed by atoms with van der Waals surface area (Å²) in [4.78, 5) is 7.40. The van der Waals surface area contributed by atoms with Crippen molar-refractivity contribution in [2.75, 3.05) is 0 Å². The molecule has 0 radical (unpaired) electrons. The normalized spacial score (nSPS) is 10.7. The summed E-state index contributed by atoms with van der Waals surface area (Å²) in [5, 5.41) is 0. The van der Waals surface area contributed by atoms with E-state index in [1.165, 1.54) is 11.1 Å². The Bertz CT molecular complexity index is 625. The Labute approximate surface area is 105 Å². The van der Waals surface area contributed by atoms with E-state index in [4.69, 9.17) is 4.42 Å². The van der Waals surface area contributed by atoms with E-state index in [0.717, 1.165) is 23.6 Å². The molecule has 0 amide bonds. The first-order valence-corrected chi connectivity index (χ1v) is 5.94. The van der Waals surface area contributed by atoms with E-state index in [1.54, 1.807) is 12.5 Å². The lowest BCUT2D eigenvalue weighted by molar-refractivity contribution is 0.581. The summed E-state index contributed by atoms with van der Waals surface area (Å²) in [5.74, 6) is 1.87. The Kier molecular flexibility index (Phi) is 2.73. The number of nitrogens with zero attached hydrogens (tertiary/aromatic N) is 1. The molecule has 1 aromatic carbocycles. The van der Waals surface area contributed by atoms with Crippen LogP contribution in [0.5, 0.6) is 0 Å². The van der Waals surface area contributed by atoms with Crippen molar-refractivity contribution >= 4 is 0 Å². The van der Waals surface area contributed by atoms with Gasteiger partial charge in [-0.25, -0.2) is 4.98 Å². The first-order chi connectivity index (χ1) is 8.83. The topological polar surface area (TPSA) is 41.8 Å². The van der Waals surface area contributed by atoms with Crippen LogP contribution in [-0.2, 0) is 6.42 Å². The third kappa shape index (κ3) is 2.07. The van der Waals surface area contributed by atoms with Crippen molar-refractivity contribution < 1.29 is 4.42 Å². The summed E-state index contributed by atoms with van der Waals surface area (Å²) in [6.45, 7) is 2.09. The third-order valence-corrected chi connectivity index (χ3v) is 2.96. The fourth-order valence-corrected chi connectivity index (χ4v) is 2.08. The third-order valence-electron chi connectivity index (χ3n) is 2.96. The van der Waals surface area contributed by atoms with Crippen LogP contribution in [0.2, 0.25) is 0 Å². The van der Waals surface area contributed by atoms with Crippen LogP contribution in [0.25, 0.3) is 11.3 Å². The summed E-state index contributed by atoms with van der Waals surface area (Å²) >= 11 is 0. The highest BCUT2D eigenvalue weighted by molar-refractivity contribution is 5.63. The highest BCUT2D eigenvalue weighted by Crippen LogP contribution is 2.26. The number of H-pyrrole nitrogens is 1. The van der Waals surface area contributed by atoms with Gasteiger partial charge in [-0.05, 0) is 30.7 Å². The number of nitrogens with one attached hydrogen (secondary N) is 1. The molecule has 90 valence electrons. The van der Waals surface area contributed by atoms with Crippen molar-refractivity contribution in [3.8, 4) is 11.3 Å². The fourth-order valence-electron chi connectivity index (χ4n) is 2.08. The standard InChI is InChI=1S/C15H14N2O/c1-11-4-5-12(10-15-16-6-7-17-15)13(9-11)14-3-2-8-18-14/h2-9H,10H2,1H3,(H,16,17). The molecule has 0 atom stereocenters. The zero-order chi connectivity index (χ0) is 12.4. The second kappa shape index (κ2) is 4.53. The van der Waals surface area contributed by atoms with Crippen LogP contribution in [0, 0.1) is 6.92 Å². The fraction of sp³-hybridized carbons (Fsp3) is 0.133. The molecule has 0 fully saturated rings. The summed E-state index contributed by atoms with van der Waals surface area (Å²) in [6, 6.07) is 10.3. The molecule has 0 aliphatic heterocycles. The Hall–Kier alpha value is -2.29. The van der Waals surface area contributed by atoms with Crippen molar-refractivity contribution in [2.24, 2.45) is 0 Å². The molecule has 3 nitrogen and oxygen atoms in total. The molecule has 3 rings (SSSR count). The lowest BCUT2D eigenvalue weighted by Gasteiger charge is -2.07. The lowest BCUT2D eigenvalue weighted by atomic mass is 10.00. The number of aryl methyl sites for hydroxylation is 1. The molecule has 3 aromatic rings. The Morgan fingerprint density at radius 2 is 2.22 bits per heavy atom. The van der Waals surface area contributed by atoms with Gasteiger partial charge in [0.1, 0.15) is 11.6 Å². The maximum atomic E-state index is 5.50. The first kappa shape index (κ1) is 10.8. The number of aromatic nitrogens is 2. The quantitative estimate of drug-likeness (QED) is 0.758. The maximum Gasteiger partial charge on any atom is 0.134 e. The Morgan fingerprint density at radius 3 is 2.94 bits per heavy atom. The average molecular weight is 238 g/mol. The predicted molar refractivity (Wildman–Crippen MR) is 70.3 cm³/mol. The van der Waals surface area contributed by atoms with Crippen LogP contribution in [0.3, 0.4) is 0 Å². The molecule has 2 aromatic heterocycles. The molecule has 0 aliphatic carbocycles. The van der Waals surface area contributed by atoms with Gasteiger partial charge < -0.3 is 9.40 Å². The van der Waals surface area contributed by atoms with Gasteiger partial charge in [0.2, 0.25) is 0 Å². The van der Waals surface area contributed by atoms with Crippen molar-refractivity contribution in [3.05, 3.63) is 65.9 Å². The number of hydrogen-bond acceptors (Lipinski definition) is 2. The molecule has 2 heterocycles. The molecule has 0 unspecified atom stereocenters. The van der Waals surface area contributed by atoms with E-state index in [1.807, 2.05) is 18.3 Å². The first-order valence-electron chi connectivity index (χ1n) is 5.94. The predicted octanol–water partition coefficient (Wildman–Crippen LogP) is 3.57. The number of imidazole rings is 1. The zero-order valence-electron chi connectivity index (χ0n) is 10.2. The van der Waals surface area contributed by atoms with Crippen molar-refractivity contribution in [1.29, 1.82) is 0 Å². The molecule has 0 aliphatic rings. The van der Waals surface area contributed by atoms with Crippen LogP contribution in [0.4, 0.5) is 0 Å². The monoisotopic (exact) mass is 238 g/mol. The number of furan rings is 1. The smallest absolute Gasteiger partial charge is 0.134 e. The summed E-state index contributed by atoms with van der Waals surface area (Å²) in [5.41, 5.74) is 3.58. The molecule has 0 saturated carbocycles. The highest BCUT2D eigenvalue weighted by atomic mass is 16.3. The van der Waals surface area contributed by atoms with E-state index in [9.17, 15) is 0 Å². The van der Waals surface area contributed by atoms with Gasteiger partial charge in [0.05, 0.1) is 6.26 Å². The number of aromatic amines is 1. The van der Waals surface area contributed by atoms with Gasteiger partial charge in [-0.15, -0.1) is 0 Å². The molecule has 0 bridgehead atoms. The molecule has 0 saturated heterocycles. The minimum atomic E-state index is 0.781. The van der Waals surface area contributed by atoms with Crippen LogP contribution in [-0.4, -0.2) is 9.97 Å². The van der Waals surface area contributed by atoms with Gasteiger partial charge in [-0.2, -0.15) is 0 Å². The van der Waals surface area contributed by atoms with Gasteiger partial charge in [-0.1, -0.05) is 17.7 Å². The summed E-state index contributed by atoms with van der Waals surface area (Å²) in [7, 11) is 0. The van der Waals surface area contributed by atoms with E-state index >= 15 is 0 Å². The molecule has 18 heavy (non-hydrogen) atoms. The van der Waals surface area contributed by atoms with Crippen molar-refractivity contribution in [3.63, 3.8) is 0 Å². The lowest BCUT2D eigenvalue weighted by Crippen LogP contribution is -1.94.